The third kappa shape index (κ3) is 3.41. The topological polar surface area (TPSA) is 83.6 Å². The van der Waals surface area contributed by atoms with Crippen LogP contribution in [0.5, 0.6) is 0 Å². The van der Waals surface area contributed by atoms with Gasteiger partial charge in [-0.2, -0.15) is 5.26 Å². The zero-order valence-electron chi connectivity index (χ0n) is 12.2. The predicted octanol–water partition coefficient (Wildman–Crippen LogP) is 2.59. The van der Waals surface area contributed by atoms with Crippen molar-refractivity contribution in [1.29, 1.82) is 5.26 Å². The van der Waals surface area contributed by atoms with Gasteiger partial charge in [0.25, 0.3) is 5.91 Å². The van der Waals surface area contributed by atoms with Gasteiger partial charge < -0.3 is 5.32 Å². The number of nitrogens with zero attached hydrogens (tertiary/aromatic N) is 4. The van der Waals surface area contributed by atoms with Crippen molar-refractivity contribution >= 4 is 11.6 Å². The summed E-state index contributed by atoms with van der Waals surface area (Å²) in [7, 11) is 0. The Balaban J connectivity index is 1.69. The lowest BCUT2D eigenvalue weighted by molar-refractivity contribution is 0.102. The van der Waals surface area contributed by atoms with Crippen molar-refractivity contribution in [2.75, 3.05) is 5.32 Å². The van der Waals surface area contributed by atoms with Gasteiger partial charge in [-0.3, -0.25) is 9.36 Å². The van der Waals surface area contributed by atoms with Gasteiger partial charge in [-0.05, 0) is 29.8 Å². The van der Waals surface area contributed by atoms with Crippen LogP contribution in [-0.2, 0) is 6.42 Å². The molecule has 0 aliphatic carbocycles. The minimum atomic E-state index is -0.234. The maximum atomic E-state index is 12.2. The molecule has 3 rings (SSSR count). The van der Waals surface area contributed by atoms with Crippen LogP contribution in [0, 0.1) is 11.3 Å². The molecular formula is C17H13N5O. The lowest BCUT2D eigenvalue weighted by Gasteiger charge is -2.06. The minimum Gasteiger partial charge on any atom is -0.322 e. The molecule has 0 aliphatic rings. The molecule has 0 saturated heterocycles. The summed E-state index contributed by atoms with van der Waals surface area (Å²) < 4.78 is 1.76. The molecule has 23 heavy (non-hydrogen) atoms. The van der Waals surface area contributed by atoms with E-state index in [2.05, 4.69) is 21.4 Å². The molecule has 0 saturated carbocycles. The second kappa shape index (κ2) is 6.54. The molecule has 3 aromatic rings. The number of carbonyl (C=O) groups excluding carboxylic acids is 1. The summed E-state index contributed by atoms with van der Waals surface area (Å²) in [5.41, 5.74) is 2.06. The summed E-state index contributed by atoms with van der Waals surface area (Å²) in [6.07, 6.45) is 6.97. The van der Waals surface area contributed by atoms with Crippen molar-refractivity contribution in [3.63, 3.8) is 0 Å². The molecule has 1 N–H and O–H groups in total. The SMILES string of the molecule is N#CCc1ccc(NC(=O)c2ccc(-n3ccnc3)nc2)cc1. The van der Waals surface area contributed by atoms with E-state index in [-0.39, 0.29) is 5.91 Å². The lowest BCUT2D eigenvalue weighted by Crippen LogP contribution is -2.12. The van der Waals surface area contributed by atoms with Crippen LogP contribution >= 0.6 is 0 Å². The molecule has 1 aromatic carbocycles. The molecule has 0 unspecified atom stereocenters. The van der Waals surface area contributed by atoms with Gasteiger partial charge in [-0.25, -0.2) is 9.97 Å². The molecule has 112 valence electrons. The highest BCUT2D eigenvalue weighted by atomic mass is 16.1. The van der Waals surface area contributed by atoms with E-state index in [4.69, 9.17) is 5.26 Å². The standard InChI is InChI=1S/C17H13N5O/c18-8-7-13-1-4-15(5-2-13)21-17(23)14-3-6-16(20-11-14)22-10-9-19-12-22/h1-6,9-12H,7H2,(H,21,23). The maximum Gasteiger partial charge on any atom is 0.257 e. The Morgan fingerprint density at radius 2 is 2.04 bits per heavy atom. The fourth-order valence-corrected chi connectivity index (χ4v) is 2.07. The first kappa shape index (κ1) is 14.5. The zero-order valence-corrected chi connectivity index (χ0v) is 12.2. The number of imidazole rings is 1. The van der Waals surface area contributed by atoms with Crippen molar-refractivity contribution in [1.82, 2.24) is 14.5 Å². The van der Waals surface area contributed by atoms with E-state index in [0.717, 1.165) is 5.56 Å². The lowest BCUT2D eigenvalue weighted by atomic mass is 10.1. The molecule has 0 spiro atoms. The Kier molecular flexibility index (Phi) is 4.11. The highest BCUT2D eigenvalue weighted by molar-refractivity contribution is 6.04. The molecule has 0 fully saturated rings. The predicted molar refractivity (Wildman–Crippen MR) is 85.1 cm³/mol. The quantitative estimate of drug-likeness (QED) is 0.803. The van der Waals surface area contributed by atoms with E-state index in [0.29, 0.717) is 23.5 Å². The Morgan fingerprint density at radius 1 is 1.22 bits per heavy atom. The number of nitrogens with one attached hydrogen (secondary N) is 1. The maximum absolute atomic E-state index is 12.2. The fraction of sp³-hybridized carbons (Fsp3) is 0.0588. The largest absolute Gasteiger partial charge is 0.322 e. The number of nitriles is 1. The van der Waals surface area contributed by atoms with Gasteiger partial charge in [0.2, 0.25) is 0 Å². The zero-order chi connectivity index (χ0) is 16.1. The van der Waals surface area contributed by atoms with Crippen molar-refractivity contribution in [2.24, 2.45) is 0 Å². The summed E-state index contributed by atoms with van der Waals surface area (Å²) in [4.78, 5) is 20.4. The molecule has 6 heteroatoms. The van der Waals surface area contributed by atoms with Crippen LogP contribution in [0.4, 0.5) is 5.69 Å². The molecule has 0 aliphatic heterocycles. The Hall–Kier alpha value is -3.46. The fourth-order valence-electron chi connectivity index (χ4n) is 2.07. The second-order valence-corrected chi connectivity index (χ2v) is 4.86. The molecule has 1 amide bonds. The van der Waals surface area contributed by atoms with Gasteiger partial charge in [-0.15, -0.1) is 0 Å². The third-order valence-electron chi connectivity index (χ3n) is 3.27. The number of hydrogen-bond acceptors (Lipinski definition) is 4. The van der Waals surface area contributed by atoms with E-state index in [1.54, 1.807) is 47.6 Å². The van der Waals surface area contributed by atoms with Crippen molar-refractivity contribution < 1.29 is 4.79 Å². The van der Waals surface area contributed by atoms with Gasteiger partial charge in [0.05, 0.1) is 18.1 Å². The second-order valence-electron chi connectivity index (χ2n) is 4.86. The molecule has 2 aromatic heterocycles. The number of amides is 1. The van der Waals surface area contributed by atoms with Crippen molar-refractivity contribution in [3.05, 3.63) is 72.4 Å². The van der Waals surface area contributed by atoms with Gasteiger partial charge in [0.15, 0.2) is 0 Å². The molecular weight excluding hydrogens is 290 g/mol. The number of carbonyl (C=O) groups is 1. The van der Waals surface area contributed by atoms with Crippen molar-refractivity contribution in [2.45, 2.75) is 6.42 Å². The molecule has 0 atom stereocenters. The normalized spacial score (nSPS) is 10.0. The van der Waals surface area contributed by atoms with Crippen LogP contribution in [0.3, 0.4) is 0 Å². The van der Waals surface area contributed by atoms with Crippen LogP contribution in [-0.4, -0.2) is 20.4 Å². The number of pyridine rings is 1. The Bertz CT molecular complexity index is 830. The van der Waals surface area contributed by atoms with Crippen molar-refractivity contribution in [3.8, 4) is 11.9 Å². The van der Waals surface area contributed by atoms with E-state index in [1.807, 2.05) is 12.1 Å². The summed E-state index contributed by atoms with van der Waals surface area (Å²) in [6.45, 7) is 0. The first-order chi connectivity index (χ1) is 11.3. The van der Waals surface area contributed by atoms with Crippen LogP contribution < -0.4 is 5.32 Å². The van der Waals surface area contributed by atoms with Crippen LogP contribution in [0.25, 0.3) is 5.82 Å². The average Bonchev–Trinajstić information content (AvgIpc) is 3.11. The molecule has 6 nitrogen and oxygen atoms in total. The molecule has 2 heterocycles. The van der Waals surface area contributed by atoms with E-state index >= 15 is 0 Å². The Morgan fingerprint density at radius 3 is 2.65 bits per heavy atom. The number of anilines is 1. The van der Waals surface area contributed by atoms with Crippen LogP contribution in [0.1, 0.15) is 15.9 Å². The first-order valence-corrected chi connectivity index (χ1v) is 6.98. The van der Waals surface area contributed by atoms with E-state index < -0.39 is 0 Å². The highest BCUT2D eigenvalue weighted by Gasteiger charge is 2.07. The summed E-state index contributed by atoms with van der Waals surface area (Å²) in [5.74, 6) is 0.461. The Labute approximate surface area is 133 Å². The summed E-state index contributed by atoms with van der Waals surface area (Å²) >= 11 is 0. The average molecular weight is 303 g/mol. The summed E-state index contributed by atoms with van der Waals surface area (Å²) in [5, 5.41) is 11.4. The minimum absolute atomic E-state index is 0.234. The van der Waals surface area contributed by atoms with Gasteiger partial charge in [0, 0.05) is 24.3 Å². The van der Waals surface area contributed by atoms with Crippen LogP contribution in [0.15, 0.2) is 61.3 Å². The number of rotatable bonds is 4. The van der Waals surface area contributed by atoms with Crippen LogP contribution in [0.2, 0.25) is 0 Å². The number of aromatic nitrogens is 3. The third-order valence-corrected chi connectivity index (χ3v) is 3.27. The molecule has 0 radical (unpaired) electrons. The first-order valence-electron chi connectivity index (χ1n) is 6.98. The van der Waals surface area contributed by atoms with Gasteiger partial charge in [-0.1, -0.05) is 12.1 Å². The number of benzene rings is 1. The van der Waals surface area contributed by atoms with Gasteiger partial charge in [0.1, 0.15) is 12.1 Å². The molecule has 0 bridgehead atoms. The van der Waals surface area contributed by atoms with Gasteiger partial charge >= 0.3 is 0 Å². The number of hydrogen-bond donors (Lipinski definition) is 1. The monoisotopic (exact) mass is 303 g/mol. The highest BCUT2D eigenvalue weighted by Crippen LogP contribution is 2.12. The van der Waals surface area contributed by atoms with E-state index in [1.165, 1.54) is 6.20 Å². The smallest absolute Gasteiger partial charge is 0.257 e. The summed E-state index contributed by atoms with van der Waals surface area (Å²) in [6, 6.07) is 12.7. The van der Waals surface area contributed by atoms with E-state index in [9.17, 15) is 4.79 Å².